The first-order chi connectivity index (χ1) is 8.65. The molecule has 0 aromatic heterocycles. The lowest BCUT2D eigenvalue weighted by molar-refractivity contribution is -0.00256. The standard InChI is InChI=1S/C14H27BrN2O/c1-13(2)17-7-5-16(6-8-17)12-14(11-15)3-9-18-10-4-14/h13H,3-12H2,1-2H3. The molecule has 2 heterocycles. The lowest BCUT2D eigenvalue weighted by atomic mass is 9.81. The van der Waals surface area contributed by atoms with Gasteiger partial charge in [0, 0.05) is 57.3 Å². The summed E-state index contributed by atoms with van der Waals surface area (Å²) in [5.74, 6) is 0. The van der Waals surface area contributed by atoms with Crippen LogP contribution < -0.4 is 0 Å². The molecule has 2 rings (SSSR count). The molecular formula is C14H27BrN2O. The Bertz CT molecular complexity index is 246. The van der Waals surface area contributed by atoms with E-state index in [1.54, 1.807) is 0 Å². The van der Waals surface area contributed by atoms with Crippen molar-refractivity contribution in [2.45, 2.75) is 32.7 Å². The van der Waals surface area contributed by atoms with E-state index < -0.39 is 0 Å². The summed E-state index contributed by atoms with van der Waals surface area (Å²) < 4.78 is 5.52. The zero-order chi connectivity index (χ0) is 13.0. The van der Waals surface area contributed by atoms with Crippen LogP contribution in [-0.4, -0.2) is 67.1 Å². The molecule has 0 bridgehead atoms. The van der Waals surface area contributed by atoms with Crippen molar-refractivity contribution in [1.29, 1.82) is 0 Å². The second kappa shape index (κ2) is 6.69. The van der Waals surface area contributed by atoms with E-state index in [-0.39, 0.29) is 0 Å². The van der Waals surface area contributed by atoms with E-state index in [0.717, 1.165) is 18.5 Å². The number of alkyl halides is 1. The highest BCUT2D eigenvalue weighted by molar-refractivity contribution is 9.09. The number of piperazine rings is 1. The molecule has 18 heavy (non-hydrogen) atoms. The Morgan fingerprint density at radius 3 is 2.22 bits per heavy atom. The molecule has 3 nitrogen and oxygen atoms in total. The van der Waals surface area contributed by atoms with Gasteiger partial charge in [-0.2, -0.15) is 0 Å². The van der Waals surface area contributed by atoms with E-state index in [9.17, 15) is 0 Å². The molecule has 2 aliphatic rings. The van der Waals surface area contributed by atoms with Crippen LogP contribution in [0.5, 0.6) is 0 Å². The van der Waals surface area contributed by atoms with Crippen molar-refractivity contribution < 1.29 is 4.74 Å². The van der Waals surface area contributed by atoms with Crippen molar-refractivity contribution >= 4 is 15.9 Å². The molecule has 2 fully saturated rings. The Labute approximate surface area is 120 Å². The topological polar surface area (TPSA) is 15.7 Å². The molecule has 0 radical (unpaired) electrons. The summed E-state index contributed by atoms with van der Waals surface area (Å²) in [5, 5.41) is 1.12. The number of nitrogens with zero attached hydrogens (tertiary/aromatic N) is 2. The van der Waals surface area contributed by atoms with Crippen LogP contribution >= 0.6 is 15.9 Å². The van der Waals surface area contributed by atoms with Gasteiger partial charge in [-0.3, -0.25) is 4.90 Å². The van der Waals surface area contributed by atoms with Gasteiger partial charge < -0.3 is 9.64 Å². The Balaban J connectivity index is 1.82. The van der Waals surface area contributed by atoms with E-state index in [1.165, 1.54) is 45.6 Å². The molecule has 0 aliphatic carbocycles. The summed E-state index contributed by atoms with van der Waals surface area (Å²) >= 11 is 3.74. The van der Waals surface area contributed by atoms with Gasteiger partial charge in [0.1, 0.15) is 0 Å². The maximum absolute atomic E-state index is 5.52. The van der Waals surface area contributed by atoms with Gasteiger partial charge in [0.25, 0.3) is 0 Å². The fraction of sp³-hybridized carbons (Fsp3) is 1.00. The second-order valence-corrected chi connectivity index (χ2v) is 6.71. The first-order valence-electron chi connectivity index (χ1n) is 7.25. The predicted octanol–water partition coefficient (Wildman–Crippen LogP) is 2.20. The van der Waals surface area contributed by atoms with Crippen LogP contribution in [0.1, 0.15) is 26.7 Å². The van der Waals surface area contributed by atoms with Crippen LogP contribution in [0.3, 0.4) is 0 Å². The zero-order valence-corrected chi connectivity index (χ0v) is 13.4. The summed E-state index contributed by atoms with van der Waals surface area (Å²) in [6.07, 6.45) is 2.42. The monoisotopic (exact) mass is 318 g/mol. The van der Waals surface area contributed by atoms with Crippen molar-refractivity contribution in [3.05, 3.63) is 0 Å². The maximum atomic E-state index is 5.52. The van der Waals surface area contributed by atoms with Crippen LogP contribution in [0.15, 0.2) is 0 Å². The molecule has 0 aromatic rings. The number of hydrogen-bond acceptors (Lipinski definition) is 3. The SMILES string of the molecule is CC(C)N1CCN(CC2(CBr)CCOCC2)CC1. The molecule has 4 heteroatoms. The van der Waals surface area contributed by atoms with E-state index in [1.807, 2.05) is 0 Å². The van der Waals surface area contributed by atoms with Crippen molar-refractivity contribution in [3.8, 4) is 0 Å². The van der Waals surface area contributed by atoms with Gasteiger partial charge >= 0.3 is 0 Å². The third-order valence-electron chi connectivity index (χ3n) is 4.53. The van der Waals surface area contributed by atoms with E-state index in [0.29, 0.717) is 11.5 Å². The van der Waals surface area contributed by atoms with E-state index in [4.69, 9.17) is 4.74 Å². The lowest BCUT2D eigenvalue weighted by Crippen LogP contribution is -2.52. The predicted molar refractivity (Wildman–Crippen MR) is 79.4 cm³/mol. The van der Waals surface area contributed by atoms with E-state index in [2.05, 4.69) is 39.6 Å². The van der Waals surface area contributed by atoms with Gasteiger partial charge in [0.15, 0.2) is 0 Å². The summed E-state index contributed by atoms with van der Waals surface area (Å²) in [6, 6.07) is 0.695. The molecule has 0 atom stereocenters. The molecule has 106 valence electrons. The van der Waals surface area contributed by atoms with Crippen LogP contribution in [-0.2, 0) is 4.74 Å². The second-order valence-electron chi connectivity index (χ2n) is 6.15. The molecule has 0 N–H and O–H groups in total. The maximum Gasteiger partial charge on any atom is 0.0472 e. The van der Waals surface area contributed by atoms with Gasteiger partial charge in [-0.25, -0.2) is 0 Å². The molecule has 2 saturated heterocycles. The number of ether oxygens (including phenoxy) is 1. The van der Waals surface area contributed by atoms with Crippen LogP contribution in [0.25, 0.3) is 0 Å². The zero-order valence-electron chi connectivity index (χ0n) is 11.8. The number of rotatable bonds is 4. The first kappa shape index (κ1) is 14.8. The third-order valence-corrected chi connectivity index (χ3v) is 5.72. The minimum Gasteiger partial charge on any atom is -0.381 e. The highest BCUT2D eigenvalue weighted by Crippen LogP contribution is 2.33. The third kappa shape index (κ3) is 3.69. The summed E-state index contributed by atoms with van der Waals surface area (Å²) in [6.45, 7) is 12.6. The smallest absolute Gasteiger partial charge is 0.0472 e. The quantitative estimate of drug-likeness (QED) is 0.739. The Morgan fingerprint density at radius 2 is 1.72 bits per heavy atom. The molecule has 0 amide bonds. The first-order valence-corrected chi connectivity index (χ1v) is 8.37. The Hall–Kier alpha value is 0.360. The molecule has 0 saturated carbocycles. The lowest BCUT2D eigenvalue weighted by Gasteiger charge is -2.43. The van der Waals surface area contributed by atoms with Crippen molar-refractivity contribution in [2.75, 3.05) is 51.3 Å². The molecule has 0 spiro atoms. The highest BCUT2D eigenvalue weighted by atomic mass is 79.9. The minimum atomic E-state index is 0.457. The Kier molecular flexibility index (Phi) is 5.48. The molecule has 0 aromatic carbocycles. The fourth-order valence-electron chi connectivity index (χ4n) is 3.05. The summed E-state index contributed by atoms with van der Waals surface area (Å²) in [4.78, 5) is 5.24. The van der Waals surface area contributed by atoms with Gasteiger partial charge in [0.05, 0.1) is 0 Å². The highest BCUT2D eigenvalue weighted by Gasteiger charge is 2.34. The minimum absolute atomic E-state index is 0.457. The summed E-state index contributed by atoms with van der Waals surface area (Å²) in [7, 11) is 0. The molecular weight excluding hydrogens is 292 g/mol. The van der Waals surface area contributed by atoms with Crippen LogP contribution in [0, 0.1) is 5.41 Å². The van der Waals surface area contributed by atoms with E-state index >= 15 is 0 Å². The van der Waals surface area contributed by atoms with Crippen LogP contribution in [0.2, 0.25) is 0 Å². The number of halogens is 1. The molecule has 2 aliphatic heterocycles. The van der Waals surface area contributed by atoms with Gasteiger partial charge in [-0.1, -0.05) is 15.9 Å². The van der Waals surface area contributed by atoms with Crippen molar-refractivity contribution in [3.63, 3.8) is 0 Å². The Morgan fingerprint density at radius 1 is 1.11 bits per heavy atom. The van der Waals surface area contributed by atoms with Crippen LogP contribution in [0.4, 0.5) is 0 Å². The largest absolute Gasteiger partial charge is 0.381 e. The van der Waals surface area contributed by atoms with Gasteiger partial charge in [0.2, 0.25) is 0 Å². The molecule has 0 unspecified atom stereocenters. The fourth-order valence-corrected chi connectivity index (χ4v) is 3.79. The van der Waals surface area contributed by atoms with Crippen molar-refractivity contribution in [1.82, 2.24) is 9.80 Å². The number of hydrogen-bond donors (Lipinski definition) is 0. The van der Waals surface area contributed by atoms with Gasteiger partial charge in [-0.15, -0.1) is 0 Å². The summed E-state index contributed by atoms with van der Waals surface area (Å²) in [5.41, 5.74) is 0.457. The normalized spacial score (nSPS) is 26.7. The average Bonchev–Trinajstić information content (AvgIpc) is 2.40. The van der Waals surface area contributed by atoms with Crippen molar-refractivity contribution in [2.24, 2.45) is 5.41 Å². The average molecular weight is 319 g/mol. The van der Waals surface area contributed by atoms with Gasteiger partial charge in [-0.05, 0) is 32.1 Å².